The van der Waals surface area contributed by atoms with E-state index < -0.39 is 235 Å². The minimum absolute atomic E-state index is 0.0975. The monoisotopic (exact) mass is 1460 g/mol. The molecule has 574 valence electrons. The van der Waals surface area contributed by atoms with Crippen molar-refractivity contribution in [1.82, 2.24) is 37.2 Å². The summed E-state index contributed by atoms with van der Waals surface area (Å²) in [6.45, 7) is 9.68. The van der Waals surface area contributed by atoms with Crippen LogP contribution in [0.4, 0.5) is 0 Å². The zero-order valence-electron chi connectivity index (χ0n) is 58.3. The lowest BCUT2D eigenvalue weighted by atomic mass is 9.90. The van der Waals surface area contributed by atoms with Crippen LogP contribution in [0.2, 0.25) is 0 Å². The minimum atomic E-state index is -2.06. The highest BCUT2D eigenvalue weighted by Crippen LogP contribution is 2.21. The Bertz CT molecular complexity index is 3140. The third-order valence-electron chi connectivity index (χ3n) is 15.5. The van der Waals surface area contributed by atoms with Crippen molar-refractivity contribution in [3.63, 3.8) is 0 Å². The molecule has 0 heterocycles. The summed E-state index contributed by atoms with van der Waals surface area (Å²) in [7, 11) is 0. The van der Waals surface area contributed by atoms with Crippen LogP contribution in [0.5, 0.6) is 0 Å². The van der Waals surface area contributed by atoms with Gasteiger partial charge in [-0.05, 0) is 59.0 Å². The second-order valence-corrected chi connectivity index (χ2v) is 24.7. The fourth-order valence-electron chi connectivity index (χ4n) is 9.58. The van der Waals surface area contributed by atoms with Crippen molar-refractivity contribution in [2.45, 2.75) is 218 Å². The van der Waals surface area contributed by atoms with Gasteiger partial charge in [-0.25, -0.2) is 0 Å². The van der Waals surface area contributed by atoms with Gasteiger partial charge in [-0.2, -0.15) is 0 Å². The number of nitrogens with two attached hydrogens (primary N) is 3. The maximum Gasteiger partial charge on any atom is 0.325 e. The summed E-state index contributed by atoms with van der Waals surface area (Å²) in [5.41, 5.74) is 16.6. The van der Waals surface area contributed by atoms with Gasteiger partial charge in [-0.15, -0.1) is 24.7 Å². The normalized spacial score (nSPS) is 14.6. The number of carbonyl (C=O) groups excluding carboxylic acids is 13. The average molecular weight is 1460 g/mol. The summed E-state index contributed by atoms with van der Waals surface area (Å²) in [5.74, 6) is -24.0. The highest BCUT2D eigenvalue weighted by Gasteiger charge is 2.38. The molecule has 0 saturated carbocycles. The van der Waals surface area contributed by atoms with Gasteiger partial charge in [-0.3, -0.25) is 95.9 Å². The first-order valence-corrected chi connectivity index (χ1v) is 32.9. The molecule has 13 atom stereocenters. The van der Waals surface area contributed by atoms with Crippen LogP contribution in [-0.2, 0) is 95.9 Å². The van der Waals surface area contributed by atoms with Gasteiger partial charge in [0.15, 0.2) is 34.7 Å². The fraction of sp³-hybridized carbons (Fsp3) is 0.636. The number of rotatable bonds is 54. The molecule has 0 unspecified atom stereocenters. The second-order valence-electron chi connectivity index (χ2n) is 24.7. The Hall–Kier alpha value is -10.4. The van der Waals surface area contributed by atoms with E-state index in [1.165, 1.54) is 27.7 Å². The van der Waals surface area contributed by atoms with Crippen LogP contribution in [0.1, 0.15) is 170 Å². The Morgan fingerprint density at radius 1 is 0.340 bits per heavy atom. The number of aliphatic carboxylic acids is 7. The Morgan fingerprint density at radius 2 is 0.689 bits per heavy atom. The minimum Gasteiger partial charge on any atom is -0.481 e. The number of ketones is 6. The molecule has 37 nitrogen and oxygen atoms in total. The van der Waals surface area contributed by atoms with Gasteiger partial charge in [0.2, 0.25) is 41.4 Å². The quantitative estimate of drug-likeness (QED) is 0.0221. The van der Waals surface area contributed by atoms with E-state index in [0.717, 1.165) is 0 Å². The number of amides is 7. The number of carboxylic acid groups (broad SMARTS) is 7. The zero-order valence-corrected chi connectivity index (χ0v) is 58.3. The predicted molar refractivity (Wildman–Crippen MR) is 358 cm³/mol. The third-order valence-corrected chi connectivity index (χ3v) is 15.5. The number of carbonyl (C=O) groups is 20. The van der Waals surface area contributed by atoms with Gasteiger partial charge in [0, 0.05) is 69.1 Å². The summed E-state index contributed by atoms with van der Waals surface area (Å²) in [6, 6.07) is -11.6. The molecule has 0 rings (SSSR count). The molecule has 0 saturated heterocycles. The van der Waals surface area contributed by atoms with Crippen molar-refractivity contribution in [2.75, 3.05) is 13.1 Å². The number of Topliss-reactive ketones (excluding diaryl/α,β-unsaturated/α-hetero) is 6. The first-order chi connectivity index (χ1) is 48.0. The number of terminal acetylenes is 2. The molecule has 0 bridgehead atoms. The predicted octanol–water partition coefficient (Wildman–Crippen LogP) is -2.50. The van der Waals surface area contributed by atoms with E-state index in [9.17, 15) is 116 Å². The molecule has 0 aromatic carbocycles. The molecular formula is C66H98N10O27. The van der Waals surface area contributed by atoms with E-state index in [2.05, 4.69) is 33.1 Å². The lowest BCUT2D eigenvalue weighted by Gasteiger charge is -2.24. The van der Waals surface area contributed by atoms with Crippen LogP contribution < -0.4 is 54.4 Å². The van der Waals surface area contributed by atoms with Gasteiger partial charge < -0.3 is 90.2 Å². The summed E-state index contributed by atoms with van der Waals surface area (Å²) in [4.78, 5) is 247. The lowest BCUT2D eigenvalue weighted by molar-refractivity contribution is -0.146. The van der Waals surface area contributed by atoms with Crippen molar-refractivity contribution in [1.29, 1.82) is 0 Å². The smallest absolute Gasteiger partial charge is 0.325 e. The van der Waals surface area contributed by atoms with Crippen LogP contribution in [0.15, 0.2) is 0 Å². The molecule has 20 N–H and O–H groups in total. The SMILES string of the molecule is C#CC[C@H](CC(=O)[C@H](CCCCN)NC(=O)C(C)C)C(=O)N[C@@H](C)C(=O)C[C@@H](CCCCN)C(=O)N[C@@H](CC#C)C(=O)C[C@@H](C)C(=O)N[C@@H](C)C(=O)O.CCC(=O)[C@H](CC(=O)O)NC(=O)[C@H](CC(=O)O)CC(=O)[C@H](CC(=O)O)NC(=O)[C@H](CC(=O)O)CC(=O)[C@H](CC(=O)O)NC(=O)[C@@H](N)CC(=O)O. The van der Waals surface area contributed by atoms with Crippen LogP contribution in [0.3, 0.4) is 0 Å². The summed E-state index contributed by atoms with van der Waals surface area (Å²) in [6.07, 6.45) is 3.88. The highest BCUT2D eigenvalue weighted by atomic mass is 16.4. The fourth-order valence-corrected chi connectivity index (χ4v) is 9.58. The van der Waals surface area contributed by atoms with Gasteiger partial charge in [0.05, 0.1) is 98.6 Å². The molecule has 0 spiro atoms. The molecule has 37 heteroatoms. The maximum atomic E-state index is 13.5. The van der Waals surface area contributed by atoms with Crippen LogP contribution in [0, 0.1) is 60.2 Å². The van der Waals surface area contributed by atoms with Crippen LogP contribution in [-0.4, -0.2) is 215 Å². The highest BCUT2D eigenvalue weighted by molar-refractivity contribution is 6.01. The summed E-state index contributed by atoms with van der Waals surface area (Å²) >= 11 is 0. The Balaban J connectivity index is 0. The lowest BCUT2D eigenvalue weighted by Crippen LogP contribution is -2.51. The van der Waals surface area contributed by atoms with Gasteiger partial charge in [0.1, 0.15) is 6.04 Å². The Morgan fingerprint density at radius 3 is 1.10 bits per heavy atom. The van der Waals surface area contributed by atoms with Crippen molar-refractivity contribution in [3.8, 4) is 24.7 Å². The van der Waals surface area contributed by atoms with E-state index in [1.807, 2.05) is 16.0 Å². The second kappa shape index (κ2) is 50.0. The topological polar surface area (TPSA) is 645 Å². The molecule has 0 aromatic rings. The van der Waals surface area contributed by atoms with Crippen LogP contribution >= 0.6 is 0 Å². The van der Waals surface area contributed by atoms with Crippen LogP contribution in [0.25, 0.3) is 0 Å². The summed E-state index contributed by atoms with van der Waals surface area (Å²) < 4.78 is 0. The number of hydrogen-bond acceptors (Lipinski definition) is 23. The van der Waals surface area contributed by atoms with E-state index >= 15 is 0 Å². The first-order valence-electron chi connectivity index (χ1n) is 32.9. The van der Waals surface area contributed by atoms with Crippen molar-refractivity contribution >= 4 is 118 Å². The number of hydrogen-bond donors (Lipinski definition) is 17. The molecule has 0 fully saturated rings. The molecule has 103 heavy (non-hydrogen) atoms. The molecule has 0 aromatic heterocycles. The standard InChI is InChI=1S/C38H60N6O9.C28H38N4O18/c1-8-14-27(22-33(47)30(17-11-13-19-40)43-34(48)23(3)4)36(50)41-25(6)31(45)21-28(16-10-12-18-39)37(51)44-29(15-9-2)32(46)20-24(5)35(49)42-26(7)38(52)53;1-2-17(33)14(8-23(42)43)30-26(48)11(5-20(36)37)3-18(34)15(9-24(44)45)31-27(49)12(6-21(38)39)4-19(35)16(10-25(46)47)32-28(50)13(29)7-22(40)41/h1-2,23-30H,10-22,39-40H2,3-7H3,(H,41,50)(H,42,49)(H,43,48)(H,44,51)(H,52,53);11-16H,2-10,29H2,1H3,(H,30,48)(H,31,49)(H,32,50)(H,36,37)(H,38,39)(H,40,41)(H,42,43)(H,44,45)(H,46,47)/t24-,25+,26+,27-,28-,29+,30+;11-,12-,13-,14-,15-,16-/m10/s1. The molecule has 7 amide bonds. The van der Waals surface area contributed by atoms with E-state index in [4.69, 9.17) is 45.4 Å². The third kappa shape index (κ3) is 40.0. The van der Waals surface area contributed by atoms with Gasteiger partial charge in [0.25, 0.3) is 0 Å². The van der Waals surface area contributed by atoms with E-state index in [-0.39, 0.29) is 62.6 Å². The van der Waals surface area contributed by atoms with E-state index in [0.29, 0.717) is 45.2 Å². The van der Waals surface area contributed by atoms with Gasteiger partial charge >= 0.3 is 41.8 Å². The number of nitrogens with one attached hydrogen (secondary N) is 7. The Kier molecular flexibility index (Phi) is 46.0. The van der Waals surface area contributed by atoms with Gasteiger partial charge in [-0.1, -0.05) is 34.1 Å². The summed E-state index contributed by atoms with van der Waals surface area (Å²) in [5, 5.41) is 80.1. The largest absolute Gasteiger partial charge is 0.481 e. The number of unbranched alkanes of at least 4 members (excludes halogenated alkanes) is 2. The molecule has 0 aliphatic carbocycles. The zero-order chi connectivity index (χ0) is 79.6. The molecule has 0 aliphatic rings. The Labute approximate surface area is 593 Å². The molecular weight excluding hydrogens is 1360 g/mol. The van der Waals surface area contributed by atoms with Crippen molar-refractivity contribution < 1.29 is 132 Å². The first kappa shape index (κ1) is 94.7. The molecule has 0 radical (unpaired) electrons. The van der Waals surface area contributed by atoms with E-state index in [1.54, 1.807) is 13.8 Å². The maximum absolute atomic E-state index is 13.5. The van der Waals surface area contributed by atoms with Crippen molar-refractivity contribution in [2.24, 2.45) is 52.7 Å². The molecule has 0 aliphatic heterocycles. The van der Waals surface area contributed by atoms with Crippen molar-refractivity contribution in [3.05, 3.63) is 0 Å². The number of carboxylic acids is 7. The average Bonchev–Trinajstić information content (AvgIpc) is 0.865.